The van der Waals surface area contributed by atoms with Crippen molar-refractivity contribution in [2.75, 3.05) is 25.1 Å². The first-order chi connectivity index (χ1) is 11.1. The fraction of sp³-hybridized carbons (Fsp3) is 0.667. The molecule has 3 heterocycles. The van der Waals surface area contributed by atoms with Gasteiger partial charge in [-0.25, -0.2) is 4.98 Å². The average molecular weight is 314 g/mol. The van der Waals surface area contributed by atoms with Gasteiger partial charge in [-0.2, -0.15) is 9.61 Å². The van der Waals surface area contributed by atoms with E-state index in [2.05, 4.69) is 28.8 Å². The predicted molar refractivity (Wildman–Crippen MR) is 91.0 cm³/mol. The van der Waals surface area contributed by atoms with E-state index in [1.54, 1.807) is 0 Å². The molecule has 1 saturated heterocycles. The van der Waals surface area contributed by atoms with Crippen molar-refractivity contribution in [2.45, 2.75) is 52.1 Å². The Morgan fingerprint density at radius 3 is 2.91 bits per heavy atom. The molecule has 1 spiro atoms. The van der Waals surface area contributed by atoms with Gasteiger partial charge in [0.2, 0.25) is 0 Å². The van der Waals surface area contributed by atoms with Gasteiger partial charge in [0, 0.05) is 42.9 Å². The van der Waals surface area contributed by atoms with Crippen LogP contribution in [0.1, 0.15) is 43.4 Å². The molecule has 5 heteroatoms. The van der Waals surface area contributed by atoms with Crippen LogP contribution in [0.2, 0.25) is 0 Å². The van der Waals surface area contributed by atoms with Gasteiger partial charge in [-0.3, -0.25) is 0 Å². The first-order valence-electron chi connectivity index (χ1n) is 8.73. The van der Waals surface area contributed by atoms with Crippen LogP contribution in [0.5, 0.6) is 0 Å². The van der Waals surface area contributed by atoms with Crippen LogP contribution < -0.4 is 4.90 Å². The van der Waals surface area contributed by atoms with E-state index in [1.165, 1.54) is 43.5 Å². The van der Waals surface area contributed by atoms with Gasteiger partial charge in [0.15, 0.2) is 5.65 Å². The maximum absolute atomic E-state index is 5.85. The molecular weight excluding hydrogens is 288 g/mol. The summed E-state index contributed by atoms with van der Waals surface area (Å²) < 4.78 is 7.87. The third kappa shape index (κ3) is 2.24. The topological polar surface area (TPSA) is 42.7 Å². The largest absolute Gasteiger partial charge is 0.381 e. The first-order valence-corrected chi connectivity index (χ1v) is 8.73. The van der Waals surface area contributed by atoms with Crippen LogP contribution >= 0.6 is 0 Å². The minimum absolute atomic E-state index is 0.316. The highest BCUT2D eigenvalue weighted by Gasteiger charge is 2.46. The van der Waals surface area contributed by atoms with Crippen LogP contribution in [0.3, 0.4) is 0 Å². The van der Waals surface area contributed by atoms with Crippen molar-refractivity contribution in [3.05, 3.63) is 23.5 Å². The Morgan fingerprint density at radius 1 is 1.26 bits per heavy atom. The van der Waals surface area contributed by atoms with Crippen LogP contribution in [0, 0.1) is 19.3 Å². The van der Waals surface area contributed by atoms with Gasteiger partial charge < -0.3 is 9.64 Å². The zero-order valence-electron chi connectivity index (χ0n) is 14.4. The van der Waals surface area contributed by atoms with Gasteiger partial charge >= 0.3 is 0 Å². The second-order valence-corrected chi connectivity index (χ2v) is 7.25. The molecule has 2 aliphatic rings. The lowest BCUT2D eigenvalue weighted by Crippen LogP contribution is -2.48. The number of hydrogen-bond acceptors (Lipinski definition) is 4. The third-order valence-corrected chi connectivity index (χ3v) is 6.00. The minimum atomic E-state index is 0.316. The molecule has 2 atom stereocenters. The van der Waals surface area contributed by atoms with E-state index in [1.807, 2.05) is 23.9 Å². The molecule has 2 aromatic rings. The maximum atomic E-state index is 5.85. The Morgan fingerprint density at radius 2 is 2.09 bits per heavy atom. The summed E-state index contributed by atoms with van der Waals surface area (Å²) in [6.07, 6.45) is 8.54. The van der Waals surface area contributed by atoms with E-state index in [0.29, 0.717) is 11.5 Å². The number of piperidine rings is 1. The Hall–Kier alpha value is -1.62. The maximum Gasteiger partial charge on any atom is 0.157 e. The van der Waals surface area contributed by atoms with Crippen molar-refractivity contribution in [2.24, 2.45) is 5.41 Å². The molecule has 0 unspecified atom stereocenters. The number of rotatable bonds is 2. The lowest BCUT2D eigenvalue weighted by Gasteiger charge is -2.44. The third-order valence-electron chi connectivity index (χ3n) is 6.00. The van der Waals surface area contributed by atoms with E-state index in [4.69, 9.17) is 4.74 Å². The minimum Gasteiger partial charge on any atom is -0.381 e. The van der Waals surface area contributed by atoms with Gasteiger partial charge in [-0.05, 0) is 39.5 Å². The standard InChI is InChI=1S/C18H26N4O/c1-13-14(2)20-16-7-10-19-22(16)17(13)21-11-5-9-18(12-21)8-4-6-15(18)23-3/h7,10,15H,4-6,8-9,11-12H2,1-3H3/t15-,18-/m1/s1. The normalized spacial score (nSPS) is 28.1. The monoisotopic (exact) mass is 314 g/mol. The Labute approximate surface area is 137 Å². The number of hydrogen-bond donors (Lipinski definition) is 0. The second kappa shape index (κ2) is 5.48. The molecule has 0 radical (unpaired) electrons. The van der Waals surface area contributed by atoms with Crippen molar-refractivity contribution in [3.8, 4) is 0 Å². The summed E-state index contributed by atoms with van der Waals surface area (Å²) >= 11 is 0. The molecule has 2 aromatic heterocycles. The smallest absolute Gasteiger partial charge is 0.157 e. The molecule has 23 heavy (non-hydrogen) atoms. The number of methoxy groups -OCH3 is 1. The molecule has 0 aromatic carbocycles. The van der Waals surface area contributed by atoms with Crippen molar-refractivity contribution < 1.29 is 4.74 Å². The zero-order chi connectivity index (χ0) is 16.0. The van der Waals surface area contributed by atoms with Crippen molar-refractivity contribution >= 4 is 11.5 Å². The van der Waals surface area contributed by atoms with Gasteiger partial charge in [0.05, 0.1) is 12.3 Å². The van der Waals surface area contributed by atoms with E-state index in [0.717, 1.165) is 24.4 Å². The average Bonchev–Trinajstić information content (AvgIpc) is 3.15. The molecule has 5 nitrogen and oxygen atoms in total. The molecule has 0 amide bonds. The van der Waals surface area contributed by atoms with Crippen molar-refractivity contribution in [1.29, 1.82) is 0 Å². The van der Waals surface area contributed by atoms with E-state index >= 15 is 0 Å². The summed E-state index contributed by atoms with van der Waals surface area (Å²) in [7, 11) is 1.88. The van der Waals surface area contributed by atoms with Crippen molar-refractivity contribution in [3.63, 3.8) is 0 Å². The van der Waals surface area contributed by atoms with E-state index in [9.17, 15) is 0 Å². The number of fused-ring (bicyclic) bond motifs is 1. The fourth-order valence-electron chi connectivity index (χ4n) is 4.77. The predicted octanol–water partition coefficient (Wildman–Crippen LogP) is 3.13. The Balaban J connectivity index is 1.76. The summed E-state index contributed by atoms with van der Waals surface area (Å²) in [6.45, 7) is 6.43. The lowest BCUT2D eigenvalue weighted by molar-refractivity contribution is 0.00208. The number of aryl methyl sites for hydroxylation is 1. The number of nitrogens with zero attached hydrogens (tertiary/aromatic N) is 4. The summed E-state index contributed by atoms with van der Waals surface area (Å²) in [5, 5.41) is 4.53. The highest BCUT2D eigenvalue weighted by atomic mass is 16.5. The van der Waals surface area contributed by atoms with Crippen LogP contribution in [0.4, 0.5) is 5.82 Å². The van der Waals surface area contributed by atoms with Gasteiger partial charge in [-0.1, -0.05) is 6.42 Å². The van der Waals surface area contributed by atoms with E-state index < -0.39 is 0 Å². The second-order valence-electron chi connectivity index (χ2n) is 7.25. The highest BCUT2D eigenvalue weighted by Crippen LogP contribution is 2.47. The first kappa shape index (κ1) is 14.9. The number of anilines is 1. The molecule has 1 aliphatic heterocycles. The SMILES string of the molecule is CO[C@@H]1CCC[C@]12CCCN(c1c(C)c(C)nc3ccnn13)C2. The van der Waals surface area contributed by atoms with Crippen LogP contribution in [-0.4, -0.2) is 40.9 Å². The summed E-state index contributed by atoms with van der Waals surface area (Å²) in [6, 6.07) is 1.99. The quantitative estimate of drug-likeness (QED) is 0.854. The molecule has 0 N–H and O–H groups in total. The molecule has 124 valence electrons. The van der Waals surface area contributed by atoms with Crippen molar-refractivity contribution in [1.82, 2.24) is 14.6 Å². The molecular formula is C18H26N4O. The number of ether oxygens (including phenoxy) is 1. The lowest BCUT2D eigenvalue weighted by atomic mass is 9.76. The number of aromatic nitrogens is 3. The van der Waals surface area contributed by atoms with Crippen LogP contribution in [0.15, 0.2) is 12.3 Å². The van der Waals surface area contributed by atoms with Gasteiger partial charge in [-0.15, -0.1) is 0 Å². The van der Waals surface area contributed by atoms with Gasteiger partial charge in [0.1, 0.15) is 5.82 Å². The molecule has 1 aliphatic carbocycles. The fourth-order valence-corrected chi connectivity index (χ4v) is 4.77. The molecule has 2 fully saturated rings. The van der Waals surface area contributed by atoms with Crippen LogP contribution in [-0.2, 0) is 4.74 Å². The zero-order valence-corrected chi connectivity index (χ0v) is 14.4. The highest BCUT2D eigenvalue weighted by molar-refractivity contribution is 5.56. The summed E-state index contributed by atoms with van der Waals surface area (Å²) in [4.78, 5) is 7.19. The molecule has 4 rings (SSSR count). The van der Waals surface area contributed by atoms with Crippen LogP contribution in [0.25, 0.3) is 5.65 Å². The Bertz CT molecular complexity index is 725. The Kier molecular flexibility index (Phi) is 3.56. The van der Waals surface area contributed by atoms with E-state index in [-0.39, 0.29) is 0 Å². The summed E-state index contributed by atoms with van der Waals surface area (Å²) in [5.41, 5.74) is 3.60. The molecule has 1 saturated carbocycles. The molecule has 0 bridgehead atoms. The summed E-state index contributed by atoms with van der Waals surface area (Å²) in [5.74, 6) is 1.22. The van der Waals surface area contributed by atoms with Gasteiger partial charge in [0.25, 0.3) is 0 Å².